The Morgan fingerprint density at radius 3 is 2.93 bits per heavy atom. The van der Waals surface area contributed by atoms with E-state index in [2.05, 4.69) is 19.9 Å². The van der Waals surface area contributed by atoms with Crippen LogP contribution in [-0.4, -0.2) is 57.4 Å². The van der Waals surface area contributed by atoms with Gasteiger partial charge in [0.25, 0.3) is 0 Å². The number of nitrogens with zero attached hydrogens (tertiary/aromatic N) is 2. The molecule has 1 atom stereocenters. The van der Waals surface area contributed by atoms with Crippen molar-refractivity contribution in [3.8, 4) is 11.5 Å². The predicted molar refractivity (Wildman–Crippen MR) is 98.5 cm³/mol. The molecule has 0 saturated carbocycles. The summed E-state index contributed by atoms with van der Waals surface area (Å²) in [5.74, 6) is 1.35. The van der Waals surface area contributed by atoms with Crippen LogP contribution in [0.3, 0.4) is 0 Å². The van der Waals surface area contributed by atoms with Crippen molar-refractivity contribution in [2.75, 3.05) is 40.0 Å². The van der Waals surface area contributed by atoms with E-state index in [0.29, 0.717) is 11.3 Å². The van der Waals surface area contributed by atoms with Crippen LogP contribution in [0.1, 0.15) is 25.3 Å². The van der Waals surface area contributed by atoms with Gasteiger partial charge in [-0.2, -0.15) is 8.78 Å². The molecule has 0 aromatic heterocycles. The Balaban J connectivity index is 1.75. The number of aliphatic imine (C=N–C) groups is 1. The first-order valence-corrected chi connectivity index (χ1v) is 9.28. The van der Waals surface area contributed by atoms with E-state index >= 15 is 0 Å². The van der Waals surface area contributed by atoms with Crippen LogP contribution in [0.5, 0.6) is 11.5 Å². The van der Waals surface area contributed by atoms with Crippen LogP contribution in [0.15, 0.2) is 23.2 Å². The number of ether oxygens (including phenoxy) is 3. The molecule has 1 aromatic rings. The van der Waals surface area contributed by atoms with E-state index in [1.807, 2.05) is 6.92 Å². The monoisotopic (exact) mass is 383 g/mol. The highest BCUT2D eigenvalue weighted by molar-refractivity contribution is 5.80. The topological polar surface area (TPSA) is 55.3 Å². The second kappa shape index (κ2) is 8.73. The lowest BCUT2D eigenvalue weighted by atomic mass is 9.87. The van der Waals surface area contributed by atoms with Gasteiger partial charge in [-0.15, -0.1) is 0 Å². The zero-order valence-electron chi connectivity index (χ0n) is 15.8. The van der Waals surface area contributed by atoms with Gasteiger partial charge in [0.1, 0.15) is 11.5 Å². The van der Waals surface area contributed by atoms with Gasteiger partial charge in [0, 0.05) is 43.3 Å². The fourth-order valence-electron chi connectivity index (χ4n) is 3.67. The molecule has 0 bridgehead atoms. The van der Waals surface area contributed by atoms with Crippen molar-refractivity contribution in [3.05, 3.63) is 23.8 Å². The van der Waals surface area contributed by atoms with Gasteiger partial charge in [0.15, 0.2) is 5.96 Å². The third-order valence-corrected chi connectivity index (χ3v) is 5.15. The molecule has 0 radical (unpaired) electrons. The van der Waals surface area contributed by atoms with Gasteiger partial charge in [-0.05, 0) is 31.9 Å². The molecule has 1 N–H and O–H groups in total. The first kappa shape index (κ1) is 19.7. The van der Waals surface area contributed by atoms with E-state index < -0.39 is 6.61 Å². The minimum absolute atomic E-state index is 0.0889. The van der Waals surface area contributed by atoms with Crippen LogP contribution in [-0.2, 0) is 11.3 Å². The van der Waals surface area contributed by atoms with Gasteiger partial charge in [-0.3, -0.25) is 0 Å². The lowest BCUT2D eigenvalue weighted by Gasteiger charge is -2.25. The number of hydrogen-bond donors (Lipinski definition) is 1. The summed E-state index contributed by atoms with van der Waals surface area (Å²) in [5.41, 5.74) is 0.810. The number of likely N-dealkylation sites (tertiary alicyclic amines) is 1. The van der Waals surface area contributed by atoms with E-state index in [4.69, 9.17) is 9.47 Å². The molecule has 6 nitrogen and oxygen atoms in total. The number of benzene rings is 1. The van der Waals surface area contributed by atoms with Crippen molar-refractivity contribution in [2.24, 2.45) is 10.4 Å². The number of rotatable bonds is 6. The SMILES string of the molecule is CCNC(=NCc1ccc(OC)cc1OC(F)F)N1CCC2(CCOC2)C1. The van der Waals surface area contributed by atoms with Crippen molar-refractivity contribution in [1.29, 1.82) is 0 Å². The third-order valence-electron chi connectivity index (χ3n) is 5.15. The number of methoxy groups -OCH3 is 1. The van der Waals surface area contributed by atoms with Crippen LogP contribution in [0.2, 0.25) is 0 Å². The molecule has 3 rings (SSSR count). The molecule has 2 aliphatic rings. The van der Waals surface area contributed by atoms with Crippen LogP contribution in [0.25, 0.3) is 0 Å². The molecule has 150 valence electrons. The molecule has 0 aliphatic carbocycles. The molecule has 0 amide bonds. The molecule has 1 spiro atoms. The Hall–Kier alpha value is -2.09. The van der Waals surface area contributed by atoms with Crippen molar-refractivity contribution < 1.29 is 23.0 Å². The number of nitrogens with one attached hydrogen (secondary N) is 1. The molecule has 27 heavy (non-hydrogen) atoms. The van der Waals surface area contributed by atoms with E-state index in [-0.39, 0.29) is 17.7 Å². The Bertz CT molecular complexity index is 664. The summed E-state index contributed by atoms with van der Waals surface area (Å²) in [6, 6.07) is 4.89. The first-order chi connectivity index (χ1) is 13.0. The largest absolute Gasteiger partial charge is 0.497 e. The Morgan fingerprint density at radius 2 is 2.26 bits per heavy atom. The average molecular weight is 383 g/mol. The first-order valence-electron chi connectivity index (χ1n) is 9.28. The number of alkyl halides is 2. The van der Waals surface area contributed by atoms with Gasteiger partial charge in [0.05, 0.1) is 20.3 Å². The zero-order valence-corrected chi connectivity index (χ0v) is 15.8. The second-order valence-corrected chi connectivity index (χ2v) is 7.00. The number of guanidine groups is 1. The summed E-state index contributed by atoms with van der Waals surface area (Å²) >= 11 is 0. The lowest BCUT2D eigenvalue weighted by Crippen LogP contribution is -2.41. The van der Waals surface area contributed by atoms with Gasteiger partial charge in [-0.25, -0.2) is 4.99 Å². The van der Waals surface area contributed by atoms with Crippen LogP contribution in [0.4, 0.5) is 8.78 Å². The minimum Gasteiger partial charge on any atom is -0.497 e. The van der Waals surface area contributed by atoms with Crippen molar-refractivity contribution in [3.63, 3.8) is 0 Å². The summed E-state index contributed by atoms with van der Waals surface area (Å²) < 4.78 is 40.8. The summed E-state index contributed by atoms with van der Waals surface area (Å²) in [5, 5.41) is 3.31. The third kappa shape index (κ3) is 4.80. The lowest BCUT2D eigenvalue weighted by molar-refractivity contribution is -0.0505. The summed E-state index contributed by atoms with van der Waals surface area (Å²) in [7, 11) is 1.48. The molecule has 2 aliphatic heterocycles. The summed E-state index contributed by atoms with van der Waals surface area (Å²) in [6.45, 7) is 3.54. The maximum atomic E-state index is 12.7. The molecule has 2 heterocycles. The number of hydrogen-bond acceptors (Lipinski definition) is 4. The quantitative estimate of drug-likeness (QED) is 0.605. The average Bonchev–Trinajstić information content (AvgIpc) is 3.29. The molecule has 2 fully saturated rings. The van der Waals surface area contributed by atoms with Gasteiger partial charge < -0.3 is 24.4 Å². The van der Waals surface area contributed by atoms with E-state index in [1.54, 1.807) is 12.1 Å². The molecule has 1 aromatic carbocycles. The molecule has 1 unspecified atom stereocenters. The molecular weight excluding hydrogens is 356 g/mol. The van der Waals surface area contributed by atoms with Gasteiger partial charge >= 0.3 is 6.61 Å². The second-order valence-electron chi connectivity index (χ2n) is 7.00. The van der Waals surface area contributed by atoms with Gasteiger partial charge in [0.2, 0.25) is 0 Å². The van der Waals surface area contributed by atoms with Crippen LogP contribution >= 0.6 is 0 Å². The maximum Gasteiger partial charge on any atom is 0.387 e. The Kier molecular flexibility index (Phi) is 6.36. The minimum atomic E-state index is -2.89. The zero-order chi connectivity index (χ0) is 19.3. The van der Waals surface area contributed by atoms with E-state index in [0.717, 1.165) is 51.6 Å². The maximum absolute atomic E-state index is 12.7. The van der Waals surface area contributed by atoms with E-state index in [9.17, 15) is 8.78 Å². The molecule has 8 heteroatoms. The van der Waals surface area contributed by atoms with Crippen molar-refractivity contribution in [1.82, 2.24) is 10.2 Å². The Labute approximate surface area is 158 Å². The van der Waals surface area contributed by atoms with Crippen molar-refractivity contribution in [2.45, 2.75) is 32.9 Å². The fraction of sp³-hybridized carbons (Fsp3) is 0.632. The highest BCUT2D eigenvalue weighted by atomic mass is 19.3. The molecular formula is C19H27F2N3O3. The molecule has 2 saturated heterocycles. The smallest absolute Gasteiger partial charge is 0.387 e. The standard InChI is InChI=1S/C19H27F2N3O3/c1-3-22-18(24-8-6-19(12-24)7-9-26-13-19)23-11-14-4-5-15(25-2)10-16(14)27-17(20)21/h4-5,10,17H,3,6-9,11-13H2,1-2H3,(H,22,23). The van der Waals surface area contributed by atoms with Crippen LogP contribution in [0, 0.1) is 5.41 Å². The van der Waals surface area contributed by atoms with Crippen molar-refractivity contribution >= 4 is 5.96 Å². The highest BCUT2D eigenvalue weighted by Crippen LogP contribution is 2.38. The van der Waals surface area contributed by atoms with Crippen LogP contribution < -0.4 is 14.8 Å². The number of halogens is 2. The highest BCUT2D eigenvalue weighted by Gasteiger charge is 2.42. The summed E-state index contributed by atoms with van der Waals surface area (Å²) in [4.78, 5) is 6.90. The Morgan fingerprint density at radius 1 is 1.41 bits per heavy atom. The van der Waals surface area contributed by atoms with E-state index in [1.165, 1.54) is 13.2 Å². The normalized spacial score (nSPS) is 22.7. The van der Waals surface area contributed by atoms with Gasteiger partial charge in [-0.1, -0.05) is 0 Å². The fourth-order valence-corrected chi connectivity index (χ4v) is 3.67. The predicted octanol–water partition coefficient (Wildman–Crippen LogP) is 2.87. The summed E-state index contributed by atoms with van der Waals surface area (Å²) in [6.07, 6.45) is 2.16.